The summed E-state index contributed by atoms with van der Waals surface area (Å²) in [6.07, 6.45) is 1.69. The maximum absolute atomic E-state index is 11.8. The summed E-state index contributed by atoms with van der Waals surface area (Å²) >= 11 is 0. The lowest BCUT2D eigenvalue weighted by Gasteiger charge is -2.35. The molecule has 96 valence electrons. The van der Waals surface area contributed by atoms with E-state index in [1.165, 1.54) is 5.56 Å². The van der Waals surface area contributed by atoms with Gasteiger partial charge in [-0.3, -0.25) is 4.79 Å². The molecule has 1 aliphatic carbocycles. The molecule has 0 saturated heterocycles. The van der Waals surface area contributed by atoms with E-state index in [-0.39, 0.29) is 5.91 Å². The molecule has 0 aromatic heterocycles. The number of carbonyl (C=O) groups excluding carboxylic acids is 1. The number of nitrogens with zero attached hydrogens (tertiary/aromatic N) is 1. The number of hydrogen-bond donors (Lipinski definition) is 1. The Balaban J connectivity index is 1.91. The van der Waals surface area contributed by atoms with Gasteiger partial charge in [-0.15, -0.1) is 0 Å². The average molecular weight is 246 g/mol. The van der Waals surface area contributed by atoms with Crippen molar-refractivity contribution in [3.05, 3.63) is 23.8 Å². The Bertz CT molecular complexity index is 495. The number of rotatable bonds is 1. The van der Waals surface area contributed by atoms with Gasteiger partial charge in [0.25, 0.3) is 5.91 Å². The van der Waals surface area contributed by atoms with Gasteiger partial charge in [0, 0.05) is 13.1 Å². The summed E-state index contributed by atoms with van der Waals surface area (Å²) in [5.74, 6) is 1.36. The van der Waals surface area contributed by atoms with Gasteiger partial charge in [0.2, 0.25) is 0 Å². The first-order chi connectivity index (χ1) is 8.56. The summed E-state index contributed by atoms with van der Waals surface area (Å²) in [6, 6.07) is 6.46. The largest absolute Gasteiger partial charge is 0.479 e. The SMILES string of the molecule is CC1Oc2cc(C3CC(N)C3)ccc2N(C)C1=O. The maximum atomic E-state index is 11.8. The number of amides is 1. The van der Waals surface area contributed by atoms with Gasteiger partial charge >= 0.3 is 0 Å². The first kappa shape index (κ1) is 11.5. The fourth-order valence-electron chi connectivity index (χ4n) is 2.72. The molecule has 1 atom stereocenters. The summed E-state index contributed by atoms with van der Waals surface area (Å²) in [5.41, 5.74) is 7.94. The van der Waals surface area contributed by atoms with Crippen LogP contribution >= 0.6 is 0 Å². The van der Waals surface area contributed by atoms with Gasteiger partial charge in [-0.05, 0) is 43.4 Å². The number of likely N-dealkylation sites (N-methyl/N-ethyl adjacent to an activating group) is 1. The minimum Gasteiger partial charge on any atom is -0.479 e. The summed E-state index contributed by atoms with van der Waals surface area (Å²) in [7, 11) is 1.79. The number of hydrogen-bond acceptors (Lipinski definition) is 3. The van der Waals surface area contributed by atoms with Crippen LogP contribution in [0.25, 0.3) is 0 Å². The van der Waals surface area contributed by atoms with Gasteiger partial charge in [0.15, 0.2) is 6.10 Å². The van der Waals surface area contributed by atoms with Crippen molar-refractivity contribution in [1.82, 2.24) is 0 Å². The van der Waals surface area contributed by atoms with Crippen LogP contribution in [0.1, 0.15) is 31.2 Å². The monoisotopic (exact) mass is 246 g/mol. The molecule has 1 saturated carbocycles. The van der Waals surface area contributed by atoms with Crippen LogP contribution in [-0.4, -0.2) is 25.1 Å². The van der Waals surface area contributed by atoms with Crippen LogP contribution in [0.2, 0.25) is 0 Å². The second kappa shape index (κ2) is 3.99. The summed E-state index contributed by atoms with van der Waals surface area (Å²) in [5, 5.41) is 0. The normalized spacial score (nSPS) is 30.5. The molecule has 18 heavy (non-hydrogen) atoms. The third-order valence-electron chi connectivity index (χ3n) is 3.97. The molecule has 0 bridgehead atoms. The highest BCUT2D eigenvalue weighted by Crippen LogP contribution is 2.41. The Morgan fingerprint density at radius 1 is 1.39 bits per heavy atom. The average Bonchev–Trinajstić information content (AvgIpc) is 2.32. The highest BCUT2D eigenvalue weighted by molar-refractivity contribution is 5.99. The Hall–Kier alpha value is -1.55. The van der Waals surface area contributed by atoms with E-state index >= 15 is 0 Å². The lowest BCUT2D eigenvalue weighted by molar-refractivity contribution is -0.125. The van der Waals surface area contributed by atoms with Crippen LogP contribution in [0.3, 0.4) is 0 Å². The summed E-state index contributed by atoms with van der Waals surface area (Å²) in [6.45, 7) is 1.79. The van der Waals surface area contributed by atoms with E-state index in [9.17, 15) is 4.79 Å². The van der Waals surface area contributed by atoms with Crippen molar-refractivity contribution in [2.75, 3.05) is 11.9 Å². The highest BCUT2D eigenvalue weighted by Gasteiger charge is 2.32. The molecule has 0 spiro atoms. The zero-order valence-corrected chi connectivity index (χ0v) is 10.7. The second-order valence-corrected chi connectivity index (χ2v) is 5.31. The van der Waals surface area contributed by atoms with Crippen LogP contribution in [0.4, 0.5) is 5.69 Å². The number of nitrogens with two attached hydrogens (primary N) is 1. The molecule has 1 amide bonds. The molecule has 2 N–H and O–H groups in total. The van der Waals surface area contributed by atoms with Crippen LogP contribution in [0.15, 0.2) is 18.2 Å². The minimum absolute atomic E-state index is 0.000849. The Labute approximate surface area is 107 Å². The van der Waals surface area contributed by atoms with Gasteiger partial charge < -0.3 is 15.4 Å². The molecule has 2 aliphatic rings. The molecule has 0 radical (unpaired) electrons. The Morgan fingerprint density at radius 3 is 2.78 bits per heavy atom. The quantitative estimate of drug-likeness (QED) is 0.819. The van der Waals surface area contributed by atoms with E-state index in [2.05, 4.69) is 12.1 Å². The van der Waals surface area contributed by atoms with Gasteiger partial charge in [0.1, 0.15) is 5.75 Å². The molecule has 1 aliphatic heterocycles. The standard InChI is InChI=1S/C14H18N2O2/c1-8-14(17)16(2)12-4-3-9(7-13(12)18-8)10-5-11(15)6-10/h3-4,7-8,10-11H,5-6,15H2,1-2H3. The summed E-state index contributed by atoms with van der Waals surface area (Å²) < 4.78 is 5.68. The zero-order chi connectivity index (χ0) is 12.9. The molecular weight excluding hydrogens is 228 g/mol. The Kier molecular flexibility index (Phi) is 2.55. The van der Waals surface area contributed by atoms with E-state index < -0.39 is 6.10 Å². The molecule has 1 aromatic rings. The molecule has 1 fully saturated rings. The first-order valence-corrected chi connectivity index (χ1v) is 6.40. The topological polar surface area (TPSA) is 55.6 Å². The molecule has 3 rings (SSSR count). The van der Waals surface area contributed by atoms with E-state index in [0.717, 1.165) is 24.3 Å². The van der Waals surface area contributed by atoms with Crippen molar-refractivity contribution in [2.24, 2.45) is 5.73 Å². The van der Waals surface area contributed by atoms with Gasteiger partial charge in [-0.25, -0.2) is 0 Å². The molecule has 1 unspecified atom stereocenters. The van der Waals surface area contributed by atoms with Crippen molar-refractivity contribution < 1.29 is 9.53 Å². The second-order valence-electron chi connectivity index (χ2n) is 5.31. The fraction of sp³-hybridized carbons (Fsp3) is 0.500. The zero-order valence-electron chi connectivity index (χ0n) is 10.7. The molecule has 4 heteroatoms. The minimum atomic E-state index is -0.401. The number of carbonyl (C=O) groups is 1. The van der Waals surface area contributed by atoms with Crippen molar-refractivity contribution in [3.63, 3.8) is 0 Å². The van der Waals surface area contributed by atoms with E-state index in [1.54, 1.807) is 18.9 Å². The predicted octanol–water partition coefficient (Wildman–Crippen LogP) is 1.64. The fourth-order valence-corrected chi connectivity index (χ4v) is 2.72. The molecule has 4 nitrogen and oxygen atoms in total. The van der Waals surface area contributed by atoms with Gasteiger partial charge in [-0.1, -0.05) is 6.07 Å². The number of benzene rings is 1. The third-order valence-corrected chi connectivity index (χ3v) is 3.97. The number of anilines is 1. The van der Waals surface area contributed by atoms with Crippen LogP contribution in [0.5, 0.6) is 5.75 Å². The molecule has 1 heterocycles. The molecular formula is C14H18N2O2. The first-order valence-electron chi connectivity index (χ1n) is 6.40. The lowest BCUT2D eigenvalue weighted by atomic mass is 9.76. The lowest BCUT2D eigenvalue weighted by Crippen LogP contribution is -2.42. The smallest absolute Gasteiger partial charge is 0.267 e. The van der Waals surface area contributed by atoms with E-state index in [1.807, 2.05) is 6.07 Å². The van der Waals surface area contributed by atoms with Crippen molar-refractivity contribution in [1.29, 1.82) is 0 Å². The Morgan fingerprint density at radius 2 is 2.11 bits per heavy atom. The van der Waals surface area contributed by atoms with Crippen LogP contribution in [0, 0.1) is 0 Å². The van der Waals surface area contributed by atoms with Crippen molar-refractivity contribution in [3.8, 4) is 5.75 Å². The van der Waals surface area contributed by atoms with E-state index in [4.69, 9.17) is 10.5 Å². The van der Waals surface area contributed by atoms with Crippen LogP contribution < -0.4 is 15.4 Å². The van der Waals surface area contributed by atoms with Crippen molar-refractivity contribution >= 4 is 11.6 Å². The number of fused-ring (bicyclic) bond motifs is 1. The van der Waals surface area contributed by atoms with Crippen molar-refractivity contribution in [2.45, 2.75) is 37.8 Å². The van der Waals surface area contributed by atoms with Gasteiger partial charge in [0.05, 0.1) is 5.69 Å². The molecule has 1 aromatic carbocycles. The highest BCUT2D eigenvalue weighted by atomic mass is 16.5. The van der Waals surface area contributed by atoms with Gasteiger partial charge in [-0.2, -0.15) is 0 Å². The third kappa shape index (κ3) is 1.68. The predicted molar refractivity (Wildman–Crippen MR) is 69.9 cm³/mol. The summed E-state index contributed by atoms with van der Waals surface area (Å²) in [4.78, 5) is 13.5. The van der Waals surface area contributed by atoms with Crippen LogP contribution in [-0.2, 0) is 4.79 Å². The number of ether oxygens (including phenoxy) is 1. The van der Waals surface area contributed by atoms with E-state index in [0.29, 0.717) is 12.0 Å². The maximum Gasteiger partial charge on any atom is 0.267 e.